The molecule has 1 N–H and O–H groups in total. The van der Waals surface area contributed by atoms with Gasteiger partial charge in [0.25, 0.3) is 0 Å². The summed E-state index contributed by atoms with van der Waals surface area (Å²) < 4.78 is 1.98. The van der Waals surface area contributed by atoms with Crippen LogP contribution in [-0.2, 0) is 6.42 Å². The van der Waals surface area contributed by atoms with Crippen molar-refractivity contribution in [3.63, 3.8) is 0 Å². The van der Waals surface area contributed by atoms with Gasteiger partial charge in [0.2, 0.25) is 0 Å². The minimum Gasteiger partial charge on any atom is -0.508 e. The normalized spacial score (nSPS) is 28.8. The highest BCUT2D eigenvalue weighted by Gasteiger charge is 2.53. The van der Waals surface area contributed by atoms with E-state index in [0.717, 1.165) is 41.9 Å². The first-order chi connectivity index (χ1) is 17.0. The number of aromatic nitrogens is 2. The first-order valence-electron chi connectivity index (χ1n) is 13.0. The largest absolute Gasteiger partial charge is 0.508 e. The van der Waals surface area contributed by atoms with Crippen molar-refractivity contribution in [1.82, 2.24) is 9.78 Å². The van der Waals surface area contributed by atoms with Crippen molar-refractivity contribution in [2.75, 3.05) is 0 Å². The Morgan fingerprint density at radius 2 is 1.89 bits per heavy atom. The van der Waals surface area contributed by atoms with Gasteiger partial charge in [-0.15, -0.1) is 0 Å². The van der Waals surface area contributed by atoms with Crippen LogP contribution in [0.3, 0.4) is 0 Å². The van der Waals surface area contributed by atoms with Crippen LogP contribution in [-0.4, -0.2) is 26.8 Å². The van der Waals surface area contributed by atoms with Gasteiger partial charge in [0.05, 0.1) is 23.3 Å². The number of rotatable bonds is 3. The Kier molecular flexibility index (Phi) is 5.39. The lowest BCUT2D eigenvalue weighted by atomic mass is 9.55. The number of fused-ring (bicyclic) bond motifs is 5. The molecule has 0 bridgehead atoms. The molecule has 3 aliphatic carbocycles. The number of hydrogen-bond acceptors (Lipinski definition) is 4. The molecule has 0 amide bonds. The molecule has 6 rings (SSSR count). The van der Waals surface area contributed by atoms with E-state index in [1.54, 1.807) is 0 Å². The van der Waals surface area contributed by atoms with E-state index in [9.17, 15) is 5.11 Å². The van der Waals surface area contributed by atoms with Crippen LogP contribution >= 0.6 is 0 Å². The first kappa shape index (κ1) is 22.3. The molecule has 0 spiro atoms. The Morgan fingerprint density at radius 1 is 1.06 bits per heavy atom. The van der Waals surface area contributed by atoms with Gasteiger partial charge in [-0.25, -0.2) is 4.68 Å². The topological polar surface area (TPSA) is 62.8 Å². The number of aromatic hydroxyl groups is 1. The summed E-state index contributed by atoms with van der Waals surface area (Å²) in [6.45, 7) is 6.57. The van der Waals surface area contributed by atoms with E-state index in [2.05, 4.69) is 37.1 Å². The van der Waals surface area contributed by atoms with Gasteiger partial charge < -0.3 is 5.11 Å². The molecule has 5 nitrogen and oxygen atoms in total. The zero-order chi connectivity index (χ0) is 24.2. The van der Waals surface area contributed by atoms with Crippen molar-refractivity contribution in [3.8, 4) is 11.4 Å². The molecule has 2 saturated carbocycles. The molecule has 180 valence electrons. The van der Waals surface area contributed by atoms with Crippen LogP contribution in [0.15, 0.2) is 58.7 Å². The van der Waals surface area contributed by atoms with Gasteiger partial charge in [0.15, 0.2) is 0 Å². The molecule has 5 heteroatoms. The van der Waals surface area contributed by atoms with E-state index in [1.165, 1.54) is 36.1 Å². The van der Waals surface area contributed by atoms with Crippen LogP contribution in [0.2, 0.25) is 0 Å². The summed E-state index contributed by atoms with van der Waals surface area (Å²) in [4.78, 5) is 0. The van der Waals surface area contributed by atoms with Crippen molar-refractivity contribution in [2.45, 2.75) is 65.2 Å². The lowest BCUT2D eigenvalue weighted by Gasteiger charge is -2.49. The highest BCUT2D eigenvalue weighted by Crippen LogP contribution is 2.60. The van der Waals surface area contributed by atoms with Gasteiger partial charge in [0, 0.05) is 16.7 Å². The summed E-state index contributed by atoms with van der Waals surface area (Å²) in [6.07, 6.45) is 8.81. The standard InChI is InChI=1S/C30H34N4O/c1-19-27(20(2)34(33-19)22-7-5-4-6-8-22)18-31-32-29-14-13-28-26-11-9-21-17-23(35)10-12-24(21)25(26)15-16-30(28,29)3/h4-8,10,12,17-18,25-26,28,35H,9,11,13-16H2,1-3H3/b31-18-,32-29-/t25-,26+,28+,30+/m0/s1. The van der Waals surface area contributed by atoms with Gasteiger partial charge in [-0.05, 0) is 106 Å². The molecule has 35 heavy (non-hydrogen) atoms. The summed E-state index contributed by atoms with van der Waals surface area (Å²) in [6, 6.07) is 16.3. The second-order valence-electron chi connectivity index (χ2n) is 10.9. The fraction of sp³-hybridized carbons (Fsp3) is 0.433. The average Bonchev–Trinajstić information content (AvgIpc) is 3.35. The molecule has 2 aromatic carbocycles. The molecule has 3 aliphatic rings. The Bertz CT molecular complexity index is 1320. The number of benzene rings is 2. The second-order valence-corrected chi connectivity index (χ2v) is 10.9. The molecular formula is C30H34N4O. The summed E-state index contributed by atoms with van der Waals surface area (Å²) in [5.74, 6) is 2.39. The molecule has 0 aliphatic heterocycles. The number of phenolic OH excluding ortho intramolecular Hbond substituents is 1. The molecule has 1 aromatic heterocycles. The highest BCUT2D eigenvalue weighted by molar-refractivity contribution is 5.93. The van der Waals surface area contributed by atoms with Crippen molar-refractivity contribution in [2.24, 2.45) is 27.5 Å². The summed E-state index contributed by atoms with van der Waals surface area (Å²) in [5.41, 5.74) is 8.42. The lowest BCUT2D eigenvalue weighted by molar-refractivity contribution is 0.0955. The van der Waals surface area contributed by atoms with Gasteiger partial charge in [-0.2, -0.15) is 15.3 Å². The Morgan fingerprint density at radius 3 is 2.71 bits per heavy atom. The van der Waals surface area contributed by atoms with Crippen LogP contribution in [0.5, 0.6) is 5.75 Å². The molecule has 1 heterocycles. The maximum atomic E-state index is 9.93. The summed E-state index contributed by atoms with van der Waals surface area (Å²) in [5, 5.41) is 24.1. The van der Waals surface area contributed by atoms with E-state index < -0.39 is 0 Å². The van der Waals surface area contributed by atoms with E-state index >= 15 is 0 Å². The van der Waals surface area contributed by atoms with Crippen LogP contribution in [0.4, 0.5) is 0 Å². The van der Waals surface area contributed by atoms with Crippen LogP contribution in [0.25, 0.3) is 5.69 Å². The minimum atomic E-state index is 0.144. The van der Waals surface area contributed by atoms with Crippen LogP contribution in [0.1, 0.15) is 73.0 Å². The predicted octanol–water partition coefficient (Wildman–Crippen LogP) is 6.53. The van der Waals surface area contributed by atoms with Crippen LogP contribution < -0.4 is 0 Å². The van der Waals surface area contributed by atoms with Gasteiger partial charge in [-0.3, -0.25) is 0 Å². The maximum absolute atomic E-state index is 9.93. The Hall–Kier alpha value is -3.21. The molecular weight excluding hydrogens is 432 g/mol. The fourth-order valence-electron chi connectivity index (χ4n) is 7.34. The second kappa shape index (κ2) is 8.47. The number of aryl methyl sites for hydroxylation is 2. The zero-order valence-electron chi connectivity index (χ0n) is 20.9. The van der Waals surface area contributed by atoms with E-state index in [1.807, 2.05) is 48.2 Å². The number of phenols is 1. The third-order valence-electron chi connectivity index (χ3n) is 9.16. The van der Waals surface area contributed by atoms with Crippen molar-refractivity contribution >= 4 is 11.9 Å². The lowest BCUT2D eigenvalue weighted by Crippen LogP contribution is -2.42. The van der Waals surface area contributed by atoms with Crippen molar-refractivity contribution in [1.29, 1.82) is 0 Å². The fourth-order valence-corrected chi connectivity index (χ4v) is 7.34. The number of nitrogens with zero attached hydrogens (tertiary/aromatic N) is 4. The maximum Gasteiger partial charge on any atom is 0.115 e. The molecule has 0 unspecified atom stereocenters. The zero-order valence-corrected chi connectivity index (χ0v) is 20.9. The minimum absolute atomic E-state index is 0.144. The quantitative estimate of drug-likeness (QED) is 0.352. The molecule has 0 radical (unpaired) electrons. The number of hydrogen-bond donors (Lipinski definition) is 1. The smallest absolute Gasteiger partial charge is 0.115 e. The average molecular weight is 467 g/mol. The van der Waals surface area contributed by atoms with Gasteiger partial charge in [0.1, 0.15) is 5.75 Å². The van der Waals surface area contributed by atoms with Crippen molar-refractivity contribution in [3.05, 3.63) is 76.6 Å². The highest BCUT2D eigenvalue weighted by atomic mass is 16.3. The first-order valence-corrected chi connectivity index (χ1v) is 13.0. The SMILES string of the molecule is Cc1nn(-c2ccccc2)c(C)c1/C=N\N=C1\CC[C@@H]2[C@@H]3CCc4cc(O)ccc4[C@@H]3CC[C@@]12C. The van der Waals surface area contributed by atoms with Crippen molar-refractivity contribution < 1.29 is 5.11 Å². The summed E-state index contributed by atoms with van der Waals surface area (Å²) in [7, 11) is 0. The molecule has 4 atom stereocenters. The third kappa shape index (κ3) is 3.64. The Balaban J connectivity index is 1.24. The predicted molar refractivity (Wildman–Crippen MR) is 141 cm³/mol. The monoisotopic (exact) mass is 466 g/mol. The van der Waals surface area contributed by atoms with Crippen LogP contribution in [0, 0.1) is 31.1 Å². The summed E-state index contributed by atoms with van der Waals surface area (Å²) >= 11 is 0. The van der Waals surface area contributed by atoms with Gasteiger partial charge in [-0.1, -0.05) is 31.2 Å². The molecule has 3 aromatic rings. The Labute approximate surface area is 207 Å². The van der Waals surface area contributed by atoms with E-state index in [4.69, 9.17) is 10.2 Å². The molecule has 2 fully saturated rings. The number of para-hydroxylation sites is 1. The van der Waals surface area contributed by atoms with E-state index in [-0.39, 0.29) is 5.41 Å². The van der Waals surface area contributed by atoms with Gasteiger partial charge >= 0.3 is 0 Å². The third-order valence-corrected chi connectivity index (χ3v) is 9.16. The molecule has 0 saturated heterocycles. The van der Waals surface area contributed by atoms with E-state index in [0.29, 0.717) is 23.5 Å².